The largest absolute Gasteiger partial charge is 0.331 e. The Morgan fingerprint density at radius 3 is 2.34 bits per heavy atom. The number of halogens is 1. The Morgan fingerprint density at radius 1 is 1.14 bits per heavy atom. The van der Waals surface area contributed by atoms with E-state index in [0.29, 0.717) is 24.4 Å². The van der Waals surface area contributed by atoms with Crippen molar-refractivity contribution >= 4 is 21.8 Å². The SMILES string of the molecule is CC(C)c1ccc(CN(C(=O)C=Cc2ccc(F)cc2)C2CCS(=O)(=O)C2)cc1. The summed E-state index contributed by atoms with van der Waals surface area (Å²) < 4.78 is 37.0. The predicted octanol–water partition coefficient (Wildman–Crippen LogP) is 4.18. The predicted molar refractivity (Wildman–Crippen MR) is 114 cm³/mol. The quantitative estimate of drug-likeness (QED) is 0.665. The summed E-state index contributed by atoms with van der Waals surface area (Å²) >= 11 is 0. The van der Waals surface area contributed by atoms with Gasteiger partial charge in [-0.2, -0.15) is 0 Å². The first-order chi connectivity index (χ1) is 13.7. The normalized spacial score (nSPS) is 18.4. The molecule has 2 aromatic carbocycles. The summed E-state index contributed by atoms with van der Waals surface area (Å²) in [4.78, 5) is 14.6. The van der Waals surface area contributed by atoms with Crippen LogP contribution in [0.15, 0.2) is 54.6 Å². The zero-order valence-corrected chi connectivity index (χ0v) is 17.5. The molecule has 0 radical (unpaired) electrons. The van der Waals surface area contributed by atoms with Gasteiger partial charge in [-0.25, -0.2) is 12.8 Å². The van der Waals surface area contributed by atoms with E-state index in [9.17, 15) is 17.6 Å². The van der Waals surface area contributed by atoms with Gasteiger partial charge < -0.3 is 4.90 Å². The third kappa shape index (κ3) is 5.76. The summed E-state index contributed by atoms with van der Waals surface area (Å²) in [6.07, 6.45) is 3.50. The van der Waals surface area contributed by atoms with Gasteiger partial charge in [-0.15, -0.1) is 0 Å². The fraction of sp³-hybridized carbons (Fsp3) is 0.348. The van der Waals surface area contributed by atoms with Crippen molar-refractivity contribution in [2.45, 2.75) is 38.8 Å². The topological polar surface area (TPSA) is 54.5 Å². The highest BCUT2D eigenvalue weighted by atomic mass is 32.2. The molecule has 0 saturated carbocycles. The second-order valence-corrected chi connectivity index (χ2v) is 10.0. The fourth-order valence-electron chi connectivity index (χ4n) is 3.45. The maximum absolute atomic E-state index is 13.1. The van der Waals surface area contributed by atoms with Crippen molar-refractivity contribution in [1.82, 2.24) is 4.90 Å². The van der Waals surface area contributed by atoms with Crippen molar-refractivity contribution in [2.75, 3.05) is 11.5 Å². The first-order valence-corrected chi connectivity index (χ1v) is 11.6. The molecular weight excluding hydrogens is 389 g/mol. The van der Waals surface area contributed by atoms with Crippen molar-refractivity contribution in [3.05, 3.63) is 77.1 Å². The van der Waals surface area contributed by atoms with Gasteiger partial charge in [-0.3, -0.25) is 4.79 Å². The minimum atomic E-state index is -3.12. The zero-order chi connectivity index (χ0) is 21.0. The third-order valence-corrected chi connectivity index (χ3v) is 6.97. The van der Waals surface area contributed by atoms with E-state index in [1.165, 1.54) is 23.8 Å². The molecular formula is C23H26FNO3S. The van der Waals surface area contributed by atoms with E-state index >= 15 is 0 Å². The van der Waals surface area contributed by atoms with E-state index in [4.69, 9.17) is 0 Å². The van der Waals surface area contributed by atoms with Crippen LogP contribution in [0.1, 0.15) is 42.9 Å². The third-order valence-electron chi connectivity index (χ3n) is 5.22. The van der Waals surface area contributed by atoms with E-state index in [2.05, 4.69) is 13.8 Å². The van der Waals surface area contributed by atoms with Crippen LogP contribution >= 0.6 is 0 Å². The molecule has 1 saturated heterocycles. The first kappa shape index (κ1) is 21.2. The summed E-state index contributed by atoms with van der Waals surface area (Å²) in [6.45, 7) is 4.59. The van der Waals surface area contributed by atoms with E-state index in [0.717, 1.165) is 5.56 Å². The second-order valence-electron chi connectivity index (χ2n) is 7.80. The minimum Gasteiger partial charge on any atom is -0.331 e. The van der Waals surface area contributed by atoms with Crippen molar-refractivity contribution < 1.29 is 17.6 Å². The van der Waals surface area contributed by atoms with Crippen LogP contribution in [0.4, 0.5) is 4.39 Å². The van der Waals surface area contributed by atoms with Gasteiger partial charge >= 0.3 is 0 Å². The number of sulfone groups is 1. The van der Waals surface area contributed by atoms with Crippen LogP contribution in [-0.2, 0) is 21.2 Å². The van der Waals surface area contributed by atoms with Gasteiger partial charge in [0.25, 0.3) is 0 Å². The number of carbonyl (C=O) groups excluding carboxylic acids is 1. The molecule has 6 heteroatoms. The molecule has 0 spiro atoms. The second kappa shape index (κ2) is 8.91. The molecule has 1 fully saturated rings. The molecule has 1 unspecified atom stereocenters. The van der Waals surface area contributed by atoms with Crippen molar-refractivity contribution in [1.29, 1.82) is 0 Å². The van der Waals surface area contributed by atoms with Gasteiger partial charge in [-0.1, -0.05) is 50.2 Å². The lowest BCUT2D eigenvalue weighted by Crippen LogP contribution is -2.39. The van der Waals surface area contributed by atoms with Crippen LogP contribution in [0.5, 0.6) is 0 Å². The van der Waals surface area contributed by atoms with Crippen LogP contribution in [0.2, 0.25) is 0 Å². The van der Waals surface area contributed by atoms with Gasteiger partial charge in [0.15, 0.2) is 9.84 Å². The molecule has 1 aliphatic heterocycles. The van der Waals surface area contributed by atoms with Crippen molar-refractivity contribution in [2.24, 2.45) is 0 Å². The Bertz CT molecular complexity index is 980. The molecule has 1 amide bonds. The number of carbonyl (C=O) groups is 1. The summed E-state index contributed by atoms with van der Waals surface area (Å²) in [7, 11) is -3.12. The van der Waals surface area contributed by atoms with Crippen LogP contribution < -0.4 is 0 Å². The van der Waals surface area contributed by atoms with Gasteiger partial charge in [-0.05, 0) is 47.2 Å². The number of hydrogen-bond acceptors (Lipinski definition) is 3. The number of benzene rings is 2. The van der Waals surface area contributed by atoms with Crippen LogP contribution in [-0.4, -0.2) is 36.8 Å². The maximum Gasteiger partial charge on any atom is 0.247 e. The average molecular weight is 416 g/mol. The fourth-order valence-corrected chi connectivity index (χ4v) is 5.18. The molecule has 1 heterocycles. The van der Waals surface area contributed by atoms with E-state index < -0.39 is 9.84 Å². The van der Waals surface area contributed by atoms with Gasteiger partial charge in [0.2, 0.25) is 5.91 Å². The zero-order valence-electron chi connectivity index (χ0n) is 16.7. The molecule has 0 N–H and O–H groups in total. The van der Waals surface area contributed by atoms with Crippen molar-refractivity contribution in [3.63, 3.8) is 0 Å². The number of rotatable bonds is 6. The lowest BCUT2D eigenvalue weighted by atomic mass is 10.0. The minimum absolute atomic E-state index is 0.00674. The lowest BCUT2D eigenvalue weighted by Gasteiger charge is -2.27. The lowest BCUT2D eigenvalue weighted by molar-refractivity contribution is -0.128. The molecule has 29 heavy (non-hydrogen) atoms. The highest BCUT2D eigenvalue weighted by Crippen LogP contribution is 2.22. The Morgan fingerprint density at radius 2 is 1.79 bits per heavy atom. The number of hydrogen-bond donors (Lipinski definition) is 0. The number of amides is 1. The van der Waals surface area contributed by atoms with Crippen LogP contribution in [0, 0.1) is 5.82 Å². The smallest absolute Gasteiger partial charge is 0.247 e. The van der Waals surface area contributed by atoms with Gasteiger partial charge in [0.05, 0.1) is 11.5 Å². The molecule has 154 valence electrons. The Kier molecular flexibility index (Phi) is 6.52. The van der Waals surface area contributed by atoms with Crippen LogP contribution in [0.25, 0.3) is 6.08 Å². The molecule has 3 rings (SSSR count). The van der Waals surface area contributed by atoms with Gasteiger partial charge in [0, 0.05) is 18.7 Å². The van der Waals surface area contributed by atoms with Gasteiger partial charge in [0.1, 0.15) is 5.82 Å². The standard InChI is InChI=1S/C23H26FNO3S/c1-17(2)20-8-3-19(4-9-20)15-25(22-13-14-29(27,28)16-22)23(26)12-7-18-5-10-21(24)11-6-18/h3-12,17,22H,13-16H2,1-2H3. The van der Waals surface area contributed by atoms with Crippen LogP contribution in [0.3, 0.4) is 0 Å². The Balaban J connectivity index is 1.80. The number of nitrogens with zero attached hydrogens (tertiary/aromatic N) is 1. The summed E-state index contributed by atoms with van der Waals surface area (Å²) in [5.74, 6) is -0.0660. The molecule has 0 bridgehead atoms. The summed E-state index contributed by atoms with van der Waals surface area (Å²) in [5, 5.41) is 0. The molecule has 2 aromatic rings. The Labute approximate surface area is 172 Å². The molecule has 1 atom stereocenters. The first-order valence-electron chi connectivity index (χ1n) is 9.77. The monoisotopic (exact) mass is 415 g/mol. The van der Waals surface area contributed by atoms with E-state index in [-0.39, 0.29) is 29.3 Å². The molecule has 1 aliphatic rings. The summed E-state index contributed by atoms with van der Waals surface area (Å²) in [5.41, 5.74) is 2.88. The maximum atomic E-state index is 13.1. The summed E-state index contributed by atoms with van der Waals surface area (Å²) in [6, 6.07) is 13.6. The highest BCUT2D eigenvalue weighted by molar-refractivity contribution is 7.91. The van der Waals surface area contributed by atoms with Crippen molar-refractivity contribution in [3.8, 4) is 0 Å². The molecule has 0 aliphatic carbocycles. The molecule has 4 nitrogen and oxygen atoms in total. The van der Waals surface area contributed by atoms with E-state index in [1.807, 2.05) is 24.3 Å². The average Bonchev–Trinajstić information content (AvgIpc) is 3.05. The van der Waals surface area contributed by atoms with E-state index in [1.54, 1.807) is 23.1 Å². The Hall–Kier alpha value is -2.47. The molecule has 0 aromatic heterocycles. The highest BCUT2D eigenvalue weighted by Gasteiger charge is 2.34.